The Morgan fingerprint density at radius 2 is 2.14 bits per heavy atom. The monoisotopic (exact) mass is 385 g/mol. The highest BCUT2D eigenvalue weighted by Crippen LogP contribution is 2.32. The Balaban J connectivity index is 1.60. The molecule has 1 aliphatic rings. The molecule has 6 nitrogen and oxygen atoms in total. The van der Waals surface area contributed by atoms with Crippen molar-refractivity contribution in [3.05, 3.63) is 75.8 Å². The van der Waals surface area contributed by atoms with Crippen molar-refractivity contribution < 1.29 is 18.3 Å². The molecule has 1 aromatic carbocycles. The van der Waals surface area contributed by atoms with Gasteiger partial charge in [-0.2, -0.15) is 8.78 Å². The molecule has 0 radical (unpaired) electrons. The first-order valence-corrected chi connectivity index (χ1v) is 8.88. The molecule has 28 heavy (non-hydrogen) atoms. The number of carbonyl (C=O) groups excluding carboxylic acids is 1. The van der Waals surface area contributed by atoms with Gasteiger partial charge in [0.2, 0.25) is 0 Å². The van der Waals surface area contributed by atoms with Crippen molar-refractivity contribution in [3.8, 4) is 5.75 Å². The minimum Gasteiger partial charge on any atom is -0.435 e. The number of hydrogen-bond donors (Lipinski definition) is 1. The highest BCUT2D eigenvalue weighted by Gasteiger charge is 2.24. The van der Waals surface area contributed by atoms with Gasteiger partial charge in [-0.15, -0.1) is 0 Å². The van der Waals surface area contributed by atoms with Gasteiger partial charge in [-0.05, 0) is 54.7 Å². The van der Waals surface area contributed by atoms with Gasteiger partial charge in [0.15, 0.2) is 0 Å². The molecule has 0 bridgehead atoms. The van der Waals surface area contributed by atoms with Gasteiger partial charge in [0.1, 0.15) is 17.0 Å². The lowest BCUT2D eigenvalue weighted by atomic mass is 9.87. The number of nitrogens with one attached hydrogen (secondary N) is 1. The van der Waals surface area contributed by atoms with E-state index < -0.39 is 18.1 Å². The molecular weight excluding hydrogens is 368 g/mol. The number of benzene rings is 1. The normalized spacial score (nSPS) is 16.0. The molecule has 8 heteroatoms. The van der Waals surface area contributed by atoms with E-state index in [1.807, 2.05) is 0 Å². The first kappa shape index (κ1) is 18.1. The summed E-state index contributed by atoms with van der Waals surface area (Å²) < 4.78 is 30.6. The van der Waals surface area contributed by atoms with Crippen LogP contribution in [0.15, 0.2) is 53.6 Å². The average molecular weight is 385 g/mol. The maximum Gasteiger partial charge on any atom is 0.387 e. The molecule has 0 aliphatic heterocycles. The van der Waals surface area contributed by atoms with Crippen LogP contribution in [0.3, 0.4) is 0 Å². The molecule has 1 aliphatic carbocycles. The third kappa shape index (κ3) is 3.45. The summed E-state index contributed by atoms with van der Waals surface area (Å²) in [5, 5.41) is 2.88. The first-order valence-electron chi connectivity index (χ1n) is 8.88. The zero-order chi connectivity index (χ0) is 19.7. The Morgan fingerprint density at radius 1 is 1.29 bits per heavy atom. The lowest BCUT2D eigenvalue weighted by Crippen LogP contribution is -2.35. The fraction of sp³-hybridized carbons (Fsp3) is 0.250. The smallest absolute Gasteiger partial charge is 0.387 e. The van der Waals surface area contributed by atoms with Crippen molar-refractivity contribution in [2.24, 2.45) is 0 Å². The van der Waals surface area contributed by atoms with Gasteiger partial charge in [0, 0.05) is 12.4 Å². The lowest BCUT2D eigenvalue weighted by Gasteiger charge is -2.26. The van der Waals surface area contributed by atoms with Crippen LogP contribution in [0.4, 0.5) is 8.78 Å². The molecule has 0 spiro atoms. The van der Waals surface area contributed by atoms with E-state index >= 15 is 0 Å². The van der Waals surface area contributed by atoms with Crippen LogP contribution < -0.4 is 15.6 Å². The van der Waals surface area contributed by atoms with Gasteiger partial charge >= 0.3 is 6.61 Å². The Labute approximate surface area is 158 Å². The van der Waals surface area contributed by atoms with Crippen molar-refractivity contribution in [1.29, 1.82) is 0 Å². The summed E-state index contributed by atoms with van der Waals surface area (Å²) in [5.41, 5.74) is 1.66. The summed E-state index contributed by atoms with van der Waals surface area (Å²) in [7, 11) is 0. The minimum atomic E-state index is -2.88. The van der Waals surface area contributed by atoms with Gasteiger partial charge in [-0.25, -0.2) is 4.98 Å². The van der Waals surface area contributed by atoms with E-state index in [-0.39, 0.29) is 17.4 Å². The molecule has 4 rings (SSSR count). The fourth-order valence-electron chi connectivity index (χ4n) is 3.54. The van der Waals surface area contributed by atoms with Crippen molar-refractivity contribution >= 4 is 11.6 Å². The van der Waals surface area contributed by atoms with Crippen LogP contribution in [0.1, 0.15) is 40.4 Å². The van der Waals surface area contributed by atoms with Gasteiger partial charge in [-0.3, -0.25) is 14.0 Å². The van der Waals surface area contributed by atoms with Crippen molar-refractivity contribution in [1.82, 2.24) is 14.7 Å². The molecule has 3 aromatic rings. The number of carbonyl (C=O) groups is 1. The number of fused-ring (bicyclic) bond motifs is 2. The third-order valence-electron chi connectivity index (χ3n) is 4.82. The Morgan fingerprint density at radius 3 is 2.96 bits per heavy atom. The van der Waals surface area contributed by atoms with Gasteiger partial charge in [-0.1, -0.05) is 12.1 Å². The van der Waals surface area contributed by atoms with E-state index in [1.54, 1.807) is 36.5 Å². The first-order chi connectivity index (χ1) is 13.5. The molecule has 1 atom stereocenters. The van der Waals surface area contributed by atoms with Crippen LogP contribution in [0.25, 0.3) is 5.65 Å². The Kier molecular flexibility index (Phi) is 4.77. The van der Waals surface area contributed by atoms with E-state index in [2.05, 4.69) is 15.0 Å². The van der Waals surface area contributed by atoms with Crippen LogP contribution >= 0.6 is 0 Å². The molecule has 0 fully saturated rings. The minimum absolute atomic E-state index is 0.0477. The number of alkyl halides is 2. The second-order valence-electron chi connectivity index (χ2n) is 6.56. The molecule has 2 heterocycles. The van der Waals surface area contributed by atoms with E-state index in [0.717, 1.165) is 17.5 Å². The summed E-state index contributed by atoms with van der Waals surface area (Å²) in [6.45, 7) is -2.88. The predicted octanol–water partition coefficient (Wildman–Crippen LogP) is 3.10. The zero-order valence-electron chi connectivity index (χ0n) is 14.8. The summed E-state index contributed by atoms with van der Waals surface area (Å²) in [5.74, 6) is -0.417. The predicted molar refractivity (Wildman–Crippen MR) is 97.7 cm³/mol. The number of ether oxygens (including phenoxy) is 1. The maximum atomic E-state index is 12.7. The van der Waals surface area contributed by atoms with Crippen LogP contribution in [0.2, 0.25) is 0 Å². The largest absolute Gasteiger partial charge is 0.435 e. The second-order valence-corrected chi connectivity index (χ2v) is 6.56. The quantitative estimate of drug-likeness (QED) is 0.749. The maximum absolute atomic E-state index is 12.7. The molecule has 144 valence electrons. The number of halogens is 2. The number of amides is 1. The number of aromatic nitrogens is 2. The van der Waals surface area contributed by atoms with E-state index in [9.17, 15) is 18.4 Å². The Bertz CT molecular complexity index is 1100. The van der Waals surface area contributed by atoms with Crippen LogP contribution in [-0.2, 0) is 6.42 Å². The van der Waals surface area contributed by atoms with Gasteiger partial charge in [0.05, 0.1) is 6.04 Å². The summed E-state index contributed by atoms with van der Waals surface area (Å²) in [6.07, 6.45) is 5.02. The van der Waals surface area contributed by atoms with Gasteiger partial charge in [0.25, 0.3) is 11.5 Å². The summed E-state index contributed by atoms with van der Waals surface area (Å²) in [4.78, 5) is 29.4. The standard InChI is InChI=1S/C20H17F2N3O3/c21-20(22)28-13-7-8-14-12(10-13)4-3-5-16(14)24-18(26)15-11-23-17-6-1-2-9-25(17)19(15)27/h1-2,6-11,16,20H,3-5H2,(H,24,26)/t16-/m0/s1. The van der Waals surface area contributed by atoms with Crippen LogP contribution in [0.5, 0.6) is 5.75 Å². The van der Waals surface area contributed by atoms with E-state index in [0.29, 0.717) is 18.5 Å². The van der Waals surface area contributed by atoms with Crippen LogP contribution in [-0.4, -0.2) is 21.9 Å². The summed E-state index contributed by atoms with van der Waals surface area (Å²) >= 11 is 0. The molecular formula is C20H17F2N3O3. The van der Waals surface area contributed by atoms with E-state index in [1.165, 1.54) is 16.7 Å². The van der Waals surface area contributed by atoms with Crippen LogP contribution in [0, 0.1) is 0 Å². The topological polar surface area (TPSA) is 72.7 Å². The summed E-state index contributed by atoms with van der Waals surface area (Å²) in [6, 6.07) is 9.53. The highest BCUT2D eigenvalue weighted by molar-refractivity contribution is 5.94. The number of hydrogen-bond acceptors (Lipinski definition) is 4. The van der Waals surface area contributed by atoms with Gasteiger partial charge < -0.3 is 10.1 Å². The van der Waals surface area contributed by atoms with Crippen molar-refractivity contribution in [2.75, 3.05) is 0 Å². The number of nitrogens with zero attached hydrogens (tertiary/aromatic N) is 2. The zero-order valence-corrected chi connectivity index (χ0v) is 14.8. The SMILES string of the molecule is O=C(N[C@H]1CCCc2cc(OC(F)F)ccc21)c1cnc2ccccn2c1=O. The molecule has 1 N–H and O–H groups in total. The lowest BCUT2D eigenvalue weighted by molar-refractivity contribution is -0.0499. The second kappa shape index (κ2) is 7.38. The highest BCUT2D eigenvalue weighted by atomic mass is 19.3. The fourth-order valence-corrected chi connectivity index (χ4v) is 3.54. The Hall–Kier alpha value is -3.29. The average Bonchev–Trinajstić information content (AvgIpc) is 2.68. The number of pyridine rings is 1. The number of aryl methyl sites for hydroxylation is 1. The van der Waals surface area contributed by atoms with Crippen molar-refractivity contribution in [2.45, 2.75) is 31.9 Å². The molecule has 1 amide bonds. The molecule has 2 aromatic heterocycles. The van der Waals surface area contributed by atoms with Crippen molar-refractivity contribution in [3.63, 3.8) is 0 Å². The molecule has 0 saturated carbocycles. The molecule has 0 saturated heterocycles. The number of rotatable bonds is 4. The third-order valence-corrected chi connectivity index (χ3v) is 4.82. The van der Waals surface area contributed by atoms with E-state index in [4.69, 9.17) is 0 Å². The molecule has 0 unspecified atom stereocenters.